The highest BCUT2D eigenvalue weighted by Gasteiger charge is 2.21. The summed E-state index contributed by atoms with van der Waals surface area (Å²) in [5.74, 6) is -0.469. The number of hydrogen-bond donors (Lipinski definition) is 2. The van der Waals surface area contributed by atoms with E-state index in [-0.39, 0.29) is 5.91 Å². The third-order valence-electron chi connectivity index (χ3n) is 3.47. The van der Waals surface area contributed by atoms with Gasteiger partial charge in [0.2, 0.25) is 11.8 Å². The first kappa shape index (κ1) is 17.2. The lowest BCUT2D eigenvalue weighted by Crippen LogP contribution is -2.27. The third kappa shape index (κ3) is 4.17. The first-order chi connectivity index (χ1) is 10.7. The number of amides is 2. The molecule has 0 saturated heterocycles. The van der Waals surface area contributed by atoms with E-state index in [4.69, 9.17) is 5.73 Å². The van der Waals surface area contributed by atoms with E-state index in [1.165, 1.54) is 0 Å². The fourth-order valence-corrected chi connectivity index (χ4v) is 2.47. The highest BCUT2D eigenvalue weighted by atomic mass is 31.0. The van der Waals surface area contributed by atoms with Crippen molar-refractivity contribution in [1.29, 1.82) is 0 Å². The summed E-state index contributed by atoms with van der Waals surface area (Å²) in [6.07, 6.45) is 0. The van der Waals surface area contributed by atoms with E-state index in [2.05, 4.69) is 14.6 Å². The summed E-state index contributed by atoms with van der Waals surface area (Å²) in [5.41, 5.74) is 8.08. The Morgan fingerprint density at radius 3 is 2.13 bits per heavy atom. The van der Waals surface area contributed by atoms with Gasteiger partial charge in [0.25, 0.3) is 0 Å². The van der Waals surface area contributed by atoms with E-state index in [9.17, 15) is 9.59 Å². The van der Waals surface area contributed by atoms with E-state index in [0.29, 0.717) is 5.56 Å². The molecule has 0 saturated carbocycles. The number of primary amides is 1. The second-order valence-electron chi connectivity index (χ2n) is 6.45. The van der Waals surface area contributed by atoms with Gasteiger partial charge in [-0.05, 0) is 40.7 Å². The minimum absolute atomic E-state index is 0.0252. The molecular formula is C18H21N2O2P. The van der Waals surface area contributed by atoms with Crippen molar-refractivity contribution in [2.45, 2.75) is 20.8 Å². The first-order valence-electron chi connectivity index (χ1n) is 7.29. The van der Waals surface area contributed by atoms with Crippen LogP contribution in [0, 0.1) is 5.41 Å². The summed E-state index contributed by atoms with van der Waals surface area (Å²) in [4.78, 5) is 23.2. The van der Waals surface area contributed by atoms with Crippen LogP contribution in [0.25, 0.3) is 11.1 Å². The highest BCUT2D eigenvalue weighted by Crippen LogP contribution is 2.23. The van der Waals surface area contributed by atoms with E-state index >= 15 is 0 Å². The van der Waals surface area contributed by atoms with Gasteiger partial charge in [0.15, 0.2) is 0 Å². The number of nitrogens with one attached hydrogen (secondary N) is 1. The van der Waals surface area contributed by atoms with Crippen molar-refractivity contribution >= 4 is 32.0 Å². The zero-order chi connectivity index (χ0) is 17.2. The lowest BCUT2D eigenvalue weighted by Gasteiger charge is -2.17. The lowest BCUT2D eigenvalue weighted by atomic mass is 9.95. The van der Waals surface area contributed by atoms with Gasteiger partial charge in [0.05, 0.1) is 0 Å². The number of carbonyl (C=O) groups excluding carboxylic acids is 2. The molecule has 5 heteroatoms. The van der Waals surface area contributed by atoms with Gasteiger partial charge in [-0.15, -0.1) is 9.24 Å². The Hall–Kier alpha value is -2.19. The maximum atomic E-state index is 12.0. The Morgan fingerprint density at radius 1 is 1.04 bits per heavy atom. The van der Waals surface area contributed by atoms with Gasteiger partial charge >= 0.3 is 0 Å². The smallest absolute Gasteiger partial charge is 0.248 e. The molecule has 2 aromatic rings. The fraction of sp³-hybridized carbons (Fsp3) is 0.222. The Balaban J connectivity index is 2.23. The molecule has 3 N–H and O–H groups in total. The van der Waals surface area contributed by atoms with Crippen molar-refractivity contribution in [3.05, 3.63) is 48.0 Å². The molecule has 0 aliphatic carbocycles. The Morgan fingerprint density at radius 2 is 1.65 bits per heavy atom. The normalized spacial score (nSPS) is 11.1. The molecule has 0 aromatic heterocycles. The minimum atomic E-state index is -0.444. The quantitative estimate of drug-likeness (QED) is 0.850. The average molecular weight is 328 g/mol. The van der Waals surface area contributed by atoms with Crippen LogP contribution in [0.5, 0.6) is 0 Å². The summed E-state index contributed by atoms with van der Waals surface area (Å²) in [6.45, 7) is 5.62. The molecule has 1 unspecified atom stereocenters. The van der Waals surface area contributed by atoms with Gasteiger partial charge in [-0.2, -0.15) is 0 Å². The largest absolute Gasteiger partial charge is 0.366 e. The van der Waals surface area contributed by atoms with Crippen molar-refractivity contribution in [1.82, 2.24) is 0 Å². The Kier molecular flexibility index (Phi) is 4.86. The van der Waals surface area contributed by atoms with Crippen molar-refractivity contribution in [3.63, 3.8) is 0 Å². The molecule has 0 bridgehead atoms. The predicted octanol–water partition coefficient (Wildman–Crippen LogP) is 2.94. The maximum Gasteiger partial charge on any atom is 0.248 e. The molecule has 0 heterocycles. The van der Waals surface area contributed by atoms with Crippen LogP contribution >= 0.6 is 9.24 Å². The molecular weight excluding hydrogens is 307 g/mol. The van der Waals surface area contributed by atoms with Crippen LogP contribution in [0.4, 0.5) is 5.69 Å². The second-order valence-corrected chi connectivity index (χ2v) is 7.07. The second kappa shape index (κ2) is 6.51. The molecule has 1 atom stereocenters. The topological polar surface area (TPSA) is 72.2 Å². The Labute approximate surface area is 138 Å². The van der Waals surface area contributed by atoms with Crippen LogP contribution in [0.1, 0.15) is 31.1 Å². The van der Waals surface area contributed by atoms with E-state index in [1.54, 1.807) is 12.1 Å². The Bertz CT molecular complexity index is 747. The van der Waals surface area contributed by atoms with Crippen LogP contribution in [0.3, 0.4) is 0 Å². The van der Waals surface area contributed by atoms with E-state index in [0.717, 1.165) is 22.1 Å². The number of anilines is 1. The highest BCUT2D eigenvalue weighted by molar-refractivity contribution is 7.28. The van der Waals surface area contributed by atoms with E-state index < -0.39 is 11.3 Å². The van der Waals surface area contributed by atoms with Gasteiger partial charge in [-0.25, -0.2) is 0 Å². The minimum Gasteiger partial charge on any atom is -0.366 e. The maximum absolute atomic E-state index is 12.0. The molecule has 2 amide bonds. The molecule has 4 nitrogen and oxygen atoms in total. The van der Waals surface area contributed by atoms with Gasteiger partial charge in [0, 0.05) is 16.7 Å². The molecule has 0 radical (unpaired) electrons. The molecule has 0 fully saturated rings. The third-order valence-corrected chi connectivity index (χ3v) is 3.95. The van der Waals surface area contributed by atoms with Crippen LogP contribution in [0.15, 0.2) is 42.5 Å². The summed E-state index contributed by atoms with van der Waals surface area (Å²) in [7, 11) is 2.62. The lowest BCUT2D eigenvalue weighted by molar-refractivity contribution is -0.123. The molecule has 0 aliphatic rings. The van der Waals surface area contributed by atoms with E-state index in [1.807, 2.05) is 51.1 Å². The standard InChI is InChI=1S/C18H21N2O2P/c1-18(2,3)17(22)20-13-7-4-11(5-8-13)14-9-6-12(16(19)21)10-15(14)23/h4-10H,23H2,1-3H3,(H2,19,21)(H,20,22). The number of carbonyl (C=O) groups is 2. The molecule has 2 rings (SSSR count). The van der Waals surface area contributed by atoms with Gasteiger partial charge in [-0.1, -0.05) is 39.0 Å². The van der Waals surface area contributed by atoms with Crippen LogP contribution in [-0.2, 0) is 4.79 Å². The number of rotatable bonds is 3. The van der Waals surface area contributed by atoms with Crippen molar-refractivity contribution in [2.24, 2.45) is 11.1 Å². The summed E-state index contributed by atoms with van der Waals surface area (Å²) >= 11 is 0. The average Bonchev–Trinajstić information content (AvgIpc) is 2.47. The monoisotopic (exact) mass is 328 g/mol. The van der Waals surface area contributed by atoms with Crippen LogP contribution in [0.2, 0.25) is 0 Å². The molecule has 120 valence electrons. The fourth-order valence-electron chi connectivity index (χ4n) is 2.03. The predicted molar refractivity (Wildman–Crippen MR) is 97.8 cm³/mol. The molecule has 2 aromatic carbocycles. The van der Waals surface area contributed by atoms with Gasteiger partial charge < -0.3 is 11.1 Å². The summed E-state index contributed by atoms with van der Waals surface area (Å²) < 4.78 is 0. The molecule has 23 heavy (non-hydrogen) atoms. The van der Waals surface area contributed by atoms with Gasteiger partial charge in [0.1, 0.15) is 0 Å². The van der Waals surface area contributed by atoms with Crippen molar-refractivity contribution in [2.75, 3.05) is 5.32 Å². The summed E-state index contributed by atoms with van der Waals surface area (Å²) in [5, 5.41) is 3.79. The number of nitrogens with two attached hydrogens (primary N) is 1. The van der Waals surface area contributed by atoms with Crippen molar-refractivity contribution in [3.8, 4) is 11.1 Å². The zero-order valence-corrected chi connectivity index (χ0v) is 14.7. The molecule has 0 aliphatic heterocycles. The van der Waals surface area contributed by atoms with Crippen LogP contribution < -0.4 is 16.4 Å². The van der Waals surface area contributed by atoms with Crippen molar-refractivity contribution < 1.29 is 9.59 Å². The zero-order valence-electron chi connectivity index (χ0n) is 13.5. The number of benzene rings is 2. The first-order valence-corrected chi connectivity index (χ1v) is 7.87. The number of hydrogen-bond acceptors (Lipinski definition) is 2. The SMILES string of the molecule is CC(C)(C)C(=O)Nc1ccc(-c2ccc(C(N)=O)cc2P)cc1. The van der Waals surface area contributed by atoms with Gasteiger partial charge in [-0.3, -0.25) is 9.59 Å². The summed E-state index contributed by atoms with van der Waals surface area (Å²) in [6, 6.07) is 12.9. The van der Waals surface area contributed by atoms with Crippen LogP contribution in [-0.4, -0.2) is 11.8 Å². The molecule has 0 spiro atoms.